The fourth-order valence-electron chi connectivity index (χ4n) is 5.15. The first-order valence-corrected chi connectivity index (χ1v) is 13.3. The molecule has 2 aromatic carbocycles. The number of amides is 3. The summed E-state index contributed by atoms with van der Waals surface area (Å²) in [5, 5.41) is 6.25. The van der Waals surface area contributed by atoms with Crippen molar-refractivity contribution in [1.82, 2.24) is 14.9 Å². The second kappa shape index (κ2) is 11.7. The number of ether oxygens (including phenoxy) is 1. The van der Waals surface area contributed by atoms with Crippen molar-refractivity contribution in [3.8, 4) is 11.3 Å². The van der Waals surface area contributed by atoms with Crippen molar-refractivity contribution < 1.29 is 19.1 Å². The Labute approximate surface area is 231 Å². The van der Waals surface area contributed by atoms with Gasteiger partial charge in [0.2, 0.25) is 11.8 Å². The van der Waals surface area contributed by atoms with Crippen molar-refractivity contribution in [3.05, 3.63) is 77.2 Å². The van der Waals surface area contributed by atoms with E-state index in [1.165, 1.54) is 7.11 Å². The monoisotopic (exact) mass is 547 g/mol. The Morgan fingerprint density at radius 3 is 2.85 bits per heavy atom. The molecule has 2 aliphatic heterocycles. The van der Waals surface area contributed by atoms with E-state index in [0.29, 0.717) is 60.1 Å². The average Bonchev–Trinajstić information content (AvgIpc) is 3.40. The number of rotatable bonds is 3. The molecule has 3 heterocycles. The zero-order chi connectivity index (χ0) is 27.4. The zero-order valence-corrected chi connectivity index (χ0v) is 22.3. The molecule has 2 unspecified atom stereocenters. The van der Waals surface area contributed by atoms with Gasteiger partial charge in [-0.05, 0) is 61.1 Å². The van der Waals surface area contributed by atoms with Gasteiger partial charge in [0.1, 0.15) is 5.82 Å². The number of nitrogens with one attached hydrogen (secondary N) is 3. The molecule has 1 fully saturated rings. The summed E-state index contributed by atoms with van der Waals surface area (Å²) in [7, 11) is 1.29. The number of H-pyrrole nitrogens is 1. The molecule has 5 rings (SSSR count). The lowest BCUT2D eigenvalue weighted by Crippen LogP contribution is -2.41. The van der Waals surface area contributed by atoms with Gasteiger partial charge >= 0.3 is 6.09 Å². The van der Waals surface area contributed by atoms with E-state index in [9.17, 15) is 14.4 Å². The van der Waals surface area contributed by atoms with Gasteiger partial charge in [-0.1, -0.05) is 35.9 Å². The lowest BCUT2D eigenvalue weighted by atomic mass is 9.88. The van der Waals surface area contributed by atoms with E-state index in [4.69, 9.17) is 11.6 Å². The van der Waals surface area contributed by atoms with Crippen molar-refractivity contribution in [2.24, 2.45) is 0 Å². The van der Waals surface area contributed by atoms with Crippen LogP contribution in [0.25, 0.3) is 11.3 Å². The highest BCUT2D eigenvalue weighted by molar-refractivity contribution is 6.30. The van der Waals surface area contributed by atoms with E-state index < -0.39 is 6.09 Å². The van der Waals surface area contributed by atoms with Gasteiger partial charge in [0.15, 0.2) is 0 Å². The van der Waals surface area contributed by atoms with E-state index in [1.54, 1.807) is 24.4 Å². The van der Waals surface area contributed by atoms with Crippen LogP contribution in [0.5, 0.6) is 0 Å². The van der Waals surface area contributed by atoms with Gasteiger partial charge in [0, 0.05) is 35.7 Å². The average molecular weight is 548 g/mol. The number of hydrogen-bond donors (Lipinski definition) is 3. The maximum absolute atomic E-state index is 13.4. The van der Waals surface area contributed by atoms with Crippen LogP contribution >= 0.6 is 11.6 Å². The quantitative estimate of drug-likeness (QED) is 0.346. The molecule has 2 aliphatic rings. The summed E-state index contributed by atoms with van der Waals surface area (Å²) in [6.07, 6.45) is 7.76. The minimum atomic E-state index is -0.605. The Morgan fingerprint density at radius 1 is 1.18 bits per heavy atom. The van der Waals surface area contributed by atoms with Crippen molar-refractivity contribution in [2.45, 2.75) is 44.1 Å². The molecule has 0 saturated carbocycles. The maximum atomic E-state index is 13.4. The van der Waals surface area contributed by atoms with Crippen LogP contribution in [0.1, 0.15) is 55.5 Å². The molecule has 0 aliphatic carbocycles. The first-order valence-electron chi connectivity index (χ1n) is 13.0. The predicted octanol–water partition coefficient (Wildman–Crippen LogP) is 6.03. The summed E-state index contributed by atoms with van der Waals surface area (Å²) in [5.41, 5.74) is 3.51. The van der Waals surface area contributed by atoms with E-state index in [-0.39, 0.29) is 23.8 Å². The number of fused-ring (bicyclic) bond motifs is 4. The first-order chi connectivity index (χ1) is 18.9. The van der Waals surface area contributed by atoms with Crippen molar-refractivity contribution in [2.75, 3.05) is 24.3 Å². The van der Waals surface area contributed by atoms with Gasteiger partial charge in [0.25, 0.3) is 0 Å². The number of carbonyl (C=O) groups excluding carboxylic acids is 3. The first kappa shape index (κ1) is 26.5. The lowest BCUT2D eigenvalue weighted by molar-refractivity contribution is -0.136. The molecule has 1 saturated heterocycles. The van der Waals surface area contributed by atoms with Crippen molar-refractivity contribution in [3.63, 3.8) is 0 Å². The highest BCUT2D eigenvalue weighted by Crippen LogP contribution is 2.36. The second-order valence-corrected chi connectivity index (χ2v) is 10.1. The van der Waals surface area contributed by atoms with Gasteiger partial charge in [0.05, 0.1) is 30.7 Å². The molecule has 39 heavy (non-hydrogen) atoms. The topological polar surface area (TPSA) is 116 Å². The standard InChI is InChI=1S/C29H30ClN5O4/c1-39-29(38)32-21-10-11-22-23(16-21)33-26(36)9-4-2-3-8-25(28-31-17-24(22)34-28)35-13-12-19(15-27(35)37)18-6-5-7-20(30)14-18/h2-3,5-7,10-11,14,16-17,19,25H,4,8-9,12-13,15H2,1H3,(H,31,34)(H,32,38)(H,33,36). The molecule has 3 amide bonds. The number of methoxy groups -OCH3 is 1. The highest BCUT2D eigenvalue weighted by Gasteiger charge is 2.33. The zero-order valence-electron chi connectivity index (χ0n) is 21.6. The summed E-state index contributed by atoms with van der Waals surface area (Å²) < 4.78 is 4.68. The minimum absolute atomic E-state index is 0.0719. The Hall–Kier alpha value is -4.11. The van der Waals surface area contributed by atoms with E-state index in [0.717, 1.165) is 17.5 Å². The lowest BCUT2D eigenvalue weighted by Gasteiger charge is -2.36. The minimum Gasteiger partial charge on any atom is -0.453 e. The second-order valence-electron chi connectivity index (χ2n) is 9.70. The molecule has 3 aromatic rings. The number of hydrogen-bond acceptors (Lipinski definition) is 5. The molecular weight excluding hydrogens is 518 g/mol. The molecule has 2 atom stereocenters. The number of likely N-dealkylation sites (tertiary alicyclic amines) is 1. The van der Waals surface area contributed by atoms with Crippen LogP contribution < -0.4 is 10.6 Å². The van der Waals surface area contributed by atoms with Crippen LogP contribution in [0.4, 0.5) is 16.2 Å². The Morgan fingerprint density at radius 2 is 2.05 bits per heavy atom. The number of aromatic amines is 1. The molecule has 0 spiro atoms. The molecule has 3 N–H and O–H groups in total. The van der Waals surface area contributed by atoms with Crippen molar-refractivity contribution >= 4 is 40.9 Å². The summed E-state index contributed by atoms with van der Waals surface area (Å²) in [6.45, 7) is 0.601. The molecule has 10 heteroatoms. The number of piperidine rings is 1. The molecule has 0 radical (unpaired) electrons. The highest BCUT2D eigenvalue weighted by atomic mass is 35.5. The fourth-order valence-corrected chi connectivity index (χ4v) is 5.35. The van der Waals surface area contributed by atoms with Crippen LogP contribution in [0.15, 0.2) is 60.8 Å². The predicted molar refractivity (Wildman–Crippen MR) is 150 cm³/mol. The molecule has 2 bridgehead atoms. The van der Waals surface area contributed by atoms with E-state index >= 15 is 0 Å². The Balaban J connectivity index is 1.43. The summed E-state index contributed by atoms with van der Waals surface area (Å²) in [6, 6.07) is 12.7. The molecular formula is C29H30ClN5O4. The van der Waals surface area contributed by atoms with Crippen LogP contribution in [-0.4, -0.2) is 46.4 Å². The molecule has 9 nitrogen and oxygen atoms in total. The van der Waals surface area contributed by atoms with Crippen molar-refractivity contribution in [1.29, 1.82) is 0 Å². The van der Waals surface area contributed by atoms with Gasteiger partial charge < -0.3 is 19.9 Å². The van der Waals surface area contributed by atoms with Crippen LogP contribution in [0.3, 0.4) is 0 Å². The summed E-state index contributed by atoms with van der Waals surface area (Å²) in [5.74, 6) is 0.728. The number of imidazole rings is 1. The number of allylic oxidation sites excluding steroid dienone is 1. The Kier molecular flexibility index (Phi) is 7.97. The Bertz CT molecular complexity index is 1420. The fraction of sp³-hybridized carbons (Fsp3) is 0.310. The van der Waals surface area contributed by atoms with Crippen LogP contribution in [0, 0.1) is 0 Å². The van der Waals surface area contributed by atoms with Gasteiger partial charge in [-0.3, -0.25) is 14.9 Å². The third kappa shape index (κ3) is 6.15. The number of aromatic nitrogens is 2. The molecule has 1 aromatic heterocycles. The number of halogens is 1. The summed E-state index contributed by atoms with van der Waals surface area (Å²) >= 11 is 6.19. The maximum Gasteiger partial charge on any atom is 0.411 e. The molecule has 202 valence electrons. The van der Waals surface area contributed by atoms with Gasteiger partial charge in [-0.2, -0.15) is 0 Å². The van der Waals surface area contributed by atoms with E-state index in [2.05, 4.69) is 25.3 Å². The van der Waals surface area contributed by atoms with Crippen LogP contribution in [0.2, 0.25) is 5.02 Å². The number of benzene rings is 2. The normalized spacial score (nSPS) is 19.7. The third-order valence-electron chi connectivity index (χ3n) is 7.15. The number of anilines is 2. The largest absolute Gasteiger partial charge is 0.453 e. The third-order valence-corrected chi connectivity index (χ3v) is 7.38. The summed E-state index contributed by atoms with van der Waals surface area (Å²) in [4.78, 5) is 47.8. The SMILES string of the molecule is COC(=O)Nc1ccc2c(c1)NC(=O)CCC=CCC(N1CCC(c3cccc(Cl)c3)CC1=O)c1ncc-2[nH]1. The number of carbonyl (C=O) groups is 3. The van der Waals surface area contributed by atoms with E-state index in [1.807, 2.05) is 41.3 Å². The number of nitrogens with zero attached hydrogens (tertiary/aromatic N) is 2. The van der Waals surface area contributed by atoms with Crippen LogP contribution in [-0.2, 0) is 14.3 Å². The van der Waals surface area contributed by atoms with Gasteiger partial charge in [-0.15, -0.1) is 0 Å². The van der Waals surface area contributed by atoms with Gasteiger partial charge in [-0.25, -0.2) is 9.78 Å². The smallest absolute Gasteiger partial charge is 0.411 e.